The summed E-state index contributed by atoms with van der Waals surface area (Å²) in [5, 5.41) is 0. The number of carbonyl (C=O) groups excluding carboxylic acids is 2. The van der Waals surface area contributed by atoms with Gasteiger partial charge in [-0.2, -0.15) is 13.2 Å². The third kappa shape index (κ3) is 4.44. The van der Waals surface area contributed by atoms with Gasteiger partial charge in [0.05, 0.1) is 30.0 Å². The molecule has 6 nitrogen and oxygen atoms in total. The highest BCUT2D eigenvalue weighted by atomic mass is 19.4. The second-order valence-corrected chi connectivity index (χ2v) is 6.74. The fraction of sp³-hybridized carbons (Fsp3) is 0.300. The van der Waals surface area contributed by atoms with E-state index in [1.807, 2.05) is 13.0 Å². The second-order valence-electron chi connectivity index (χ2n) is 6.74. The lowest BCUT2D eigenvalue weighted by atomic mass is 10.1. The van der Waals surface area contributed by atoms with Crippen molar-refractivity contribution in [3.63, 3.8) is 0 Å². The van der Waals surface area contributed by atoms with Crippen molar-refractivity contribution in [3.8, 4) is 5.75 Å². The number of hydrogen-bond donors (Lipinski definition) is 2. The number of alkyl halides is 3. The molecule has 2 amide bonds. The number of benzene rings is 2. The smallest absolute Gasteiger partial charge is 0.418 e. The minimum Gasteiger partial charge on any atom is -0.495 e. The number of carbonyl (C=O) groups is 2. The molecule has 29 heavy (non-hydrogen) atoms. The molecule has 9 heteroatoms. The maximum absolute atomic E-state index is 13.1. The van der Waals surface area contributed by atoms with Crippen LogP contribution < -0.4 is 20.5 Å². The summed E-state index contributed by atoms with van der Waals surface area (Å²) in [5.41, 5.74) is 4.93. The van der Waals surface area contributed by atoms with Crippen LogP contribution >= 0.6 is 0 Å². The molecule has 154 valence electrons. The zero-order valence-corrected chi connectivity index (χ0v) is 15.8. The molecule has 1 heterocycles. The van der Waals surface area contributed by atoms with Crippen LogP contribution in [0.1, 0.15) is 17.5 Å². The summed E-state index contributed by atoms with van der Waals surface area (Å²) >= 11 is 0. The summed E-state index contributed by atoms with van der Waals surface area (Å²) in [6.07, 6.45) is -4.61. The first-order valence-electron chi connectivity index (χ1n) is 8.88. The van der Waals surface area contributed by atoms with Gasteiger partial charge in [-0.25, -0.2) is 0 Å². The van der Waals surface area contributed by atoms with Crippen LogP contribution in [0.25, 0.3) is 0 Å². The van der Waals surface area contributed by atoms with E-state index in [0.717, 1.165) is 11.6 Å². The fourth-order valence-electron chi connectivity index (χ4n) is 3.20. The van der Waals surface area contributed by atoms with E-state index in [1.54, 1.807) is 12.1 Å². The molecule has 1 aliphatic rings. The Hall–Kier alpha value is -3.23. The van der Waals surface area contributed by atoms with Crippen molar-refractivity contribution in [2.75, 3.05) is 24.0 Å². The van der Waals surface area contributed by atoms with Gasteiger partial charge < -0.3 is 9.64 Å². The number of para-hydroxylation sites is 1. The van der Waals surface area contributed by atoms with E-state index >= 15 is 0 Å². The zero-order chi connectivity index (χ0) is 21.2. The lowest BCUT2D eigenvalue weighted by Crippen LogP contribution is -2.37. The van der Waals surface area contributed by atoms with Gasteiger partial charge in [0.15, 0.2) is 0 Å². The van der Waals surface area contributed by atoms with Gasteiger partial charge in [-0.1, -0.05) is 18.2 Å². The molecule has 2 aromatic rings. The molecule has 0 unspecified atom stereocenters. The van der Waals surface area contributed by atoms with Gasteiger partial charge in [0, 0.05) is 13.0 Å². The number of ether oxygens (including phenoxy) is 1. The average molecular weight is 407 g/mol. The molecule has 1 aliphatic heterocycles. The standard InChI is InChI=1S/C20H20F3N3O3/c1-12-7-8-17(29-2)16(9-12)26-11-13(10-18(26)27)19(28)25-24-15-6-4-3-5-14(15)20(21,22)23/h3-9,13,24H,10-11H2,1-2H3,(H,25,28)/t13-/m0/s1. The highest BCUT2D eigenvalue weighted by Gasteiger charge is 2.37. The van der Waals surface area contributed by atoms with Gasteiger partial charge >= 0.3 is 6.18 Å². The van der Waals surface area contributed by atoms with Crippen molar-refractivity contribution < 1.29 is 27.5 Å². The van der Waals surface area contributed by atoms with Crippen LogP contribution in [0.4, 0.5) is 24.5 Å². The second kappa shape index (κ2) is 8.02. The molecule has 0 radical (unpaired) electrons. The molecule has 3 rings (SSSR count). The van der Waals surface area contributed by atoms with Crippen molar-refractivity contribution >= 4 is 23.2 Å². The molecule has 1 fully saturated rings. The van der Waals surface area contributed by atoms with Gasteiger partial charge in [-0.15, -0.1) is 0 Å². The SMILES string of the molecule is COc1ccc(C)cc1N1C[C@@H](C(=O)NNc2ccccc2C(F)(F)F)CC1=O. The third-order valence-corrected chi connectivity index (χ3v) is 4.67. The van der Waals surface area contributed by atoms with E-state index in [-0.39, 0.29) is 24.6 Å². The normalized spacial score (nSPS) is 16.7. The maximum atomic E-state index is 13.1. The first-order chi connectivity index (χ1) is 13.7. The van der Waals surface area contributed by atoms with E-state index in [4.69, 9.17) is 4.74 Å². The Morgan fingerprint density at radius 2 is 1.93 bits per heavy atom. The minimum absolute atomic E-state index is 0.0501. The van der Waals surface area contributed by atoms with Crippen LogP contribution in [0.15, 0.2) is 42.5 Å². The Kier molecular flexibility index (Phi) is 5.67. The first kappa shape index (κ1) is 20.5. The summed E-state index contributed by atoms with van der Waals surface area (Å²) in [6.45, 7) is 1.97. The lowest BCUT2D eigenvalue weighted by Gasteiger charge is -2.20. The van der Waals surface area contributed by atoms with Crippen LogP contribution in [0, 0.1) is 12.8 Å². The van der Waals surface area contributed by atoms with E-state index < -0.39 is 23.6 Å². The van der Waals surface area contributed by atoms with E-state index in [1.165, 1.54) is 30.2 Å². The largest absolute Gasteiger partial charge is 0.495 e. The molecular formula is C20H20F3N3O3. The molecule has 0 saturated carbocycles. The Morgan fingerprint density at radius 1 is 1.21 bits per heavy atom. The summed E-state index contributed by atoms with van der Waals surface area (Å²) < 4.78 is 44.4. The topological polar surface area (TPSA) is 70.7 Å². The molecule has 2 aromatic carbocycles. The molecule has 1 atom stereocenters. The number of nitrogens with one attached hydrogen (secondary N) is 2. The van der Waals surface area contributed by atoms with E-state index in [2.05, 4.69) is 10.9 Å². The van der Waals surface area contributed by atoms with Crippen LogP contribution in [-0.2, 0) is 15.8 Å². The van der Waals surface area contributed by atoms with Gasteiger partial charge in [0.2, 0.25) is 11.8 Å². The Labute approximate surface area is 165 Å². The Bertz CT molecular complexity index is 931. The number of anilines is 2. The summed E-state index contributed by atoms with van der Waals surface area (Å²) in [5.74, 6) is -1.03. The zero-order valence-electron chi connectivity index (χ0n) is 15.8. The fourth-order valence-corrected chi connectivity index (χ4v) is 3.20. The highest BCUT2D eigenvalue weighted by Crippen LogP contribution is 2.35. The Balaban J connectivity index is 1.70. The van der Waals surface area contributed by atoms with Gasteiger partial charge in [-0.05, 0) is 36.8 Å². The molecular weight excluding hydrogens is 387 g/mol. The molecule has 0 bridgehead atoms. The summed E-state index contributed by atoms with van der Waals surface area (Å²) in [7, 11) is 1.49. The number of methoxy groups -OCH3 is 1. The number of amides is 2. The minimum atomic E-state index is -4.56. The van der Waals surface area contributed by atoms with E-state index in [9.17, 15) is 22.8 Å². The number of hydrogen-bond acceptors (Lipinski definition) is 4. The van der Waals surface area contributed by atoms with E-state index in [0.29, 0.717) is 11.4 Å². The van der Waals surface area contributed by atoms with Crippen molar-refractivity contribution in [2.45, 2.75) is 19.5 Å². The van der Waals surface area contributed by atoms with Gasteiger partial charge in [0.25, 0.3) is 0 Å². The highest BCUT2D eigenvalue weighted by molar-refractivity contribution is 6.01. The number of halogens is 3. The maximum Gasteiger partial charge on any atom is 0.418 e. The van der Waals surface area contributed by atoms with Crippen LogP contribution in [0.2, 0.25) is 0 Å². The average Bonchev–Trinajstić information content (AvgIpc) is 3.07. The van der Waals surface area contributed by atoms with Crippen molar-refractivity contribution in [2.24, 2.45) is 5.92 Å². The lowest BCUT2D eigenvalue weighted by molar-refractivity contribution is -0.137. The summed E-state index contributed by atoms with van der Waals surface area (Å²) in [6, 6.07) is 10.2. The van der Waals surface area contributed by atoms with Crippen LogP contribution in [0.5, 0.6) is 5.75 Å². The molecule has 0 spiro atoms. The number of aryl methyl sites for hydroxylation is 1. The van der Waals surface area contributed by atoms with Crippen molar-refractivity contribution in [3.05, 3.63) is 53.6 Å². The summed E-state index contributed by atoms with van der Waals surface area (Å²) in [4.78, 5) is 26.4. The number of nitrogens with zero attached hydrogens (tertiary/aromatic N) is 1. The first-order valence-corrected chi connectivity index (χ1v) is 8.88. The monoisotopic (exact) mass is 407 g/mol. The third-order valence-electron chi connectivity index (χ3n) is 4.67. The van der Waals surface area contributed by atoms with Crippen LogP contribution in [0.3, 0.4) is 0 Å². The predicted octanol–water partition coefficient (Wildman–Crippen LogP) is 3.52. The van der Waals surface area contributed by atoms with Gasteiger partial charge in [-0.3, -0.25) is 20.4 Å². The molecule has 1 saturated heterocycles. The van der Waals surface area contributed by atoms with Gasteiger partial charge in [0.1, 0.15) is 5.75 Å². The predicted molar refractivity (Wildman–Crippen MR) is 101 cm³/mol. The van der Waals surface area contributed by atoms with Crippen molar-refractivity contribution in [1.82, 2.24) is 5.43 Å². The Morgan fingerprint density at radius 3 is 2.62 bits per heavy atom. The quantitative estimate of drug-likeness (QED) is 0.745. The number of hydrazine groups is 1. The molecule has 0 aliphatic carbocycles. The molecule has 2 N–H and O–H groups in total. The van der Waals surface area contributed by atoms with Crippen LogP contribution in [-0.4, -0.2) is 25.5 Å². The van der Waals surface area contributed by atoms with Crippen molar-refractivity contribution in [1.29, 1.82) is 0 Å². The number of rotatable bonds is 5. The molecule has 0 aromatic heterocycles.